The van der Waals surface area contributed by atoms with Gasteiger partial charge in [0.15, 0.2) is 0 Å². The summed E-state index contributed by atoms with van der Waals surface area (Å²) in [6.07, 6.45) is 1.16. The number of carbonyl (C=O) groups excluding carboxylic acids is 2. The zero-order chi connectivity index (χ0) is 14.1. The van der Waals surface area contributed by atoms with E-state index in [4.69, 9.17) is 9.47 Å². The van der Waals surface area contributed by atoms with Gasteiger partial charge in [-0.25, -0.2) is 0 Å². The van der Waals surface area contributed by atoms with Crippen LogP contribution in [-0.2, 0) is 19.1 Å². The van der Waals surface area contributed by atoms with Gasteiger partial charge in [-0.1, -0.05) is 6.08 Å². The van der Waals surface area contributed by atoms with Gasteiger partial charge in [0.1, 0.15) is 6.04 Å². The zero-order valence-electron chi connectivity index (χ0n) is 11.6. The fourth-order valence-electron chi connectivity index (χ4n) is 1.26. The summed E-state index contributed by atoms with van der Waals surface area (Å²) in [7, 11) is 0. The zero-order valence-corrected chi connectivity index (χ0v) is 11.6. The predicted octanol–water partition coefficient (Wildman–Crippen LogP) is 1.42. The monoisotopic (exact) mass is 257 g/mol. The summed E-state index contributed by atoms with van der Waals surface area (Å²) in [5.74, 6) is -0.875. The molecule has 18 heavy (non-hydrogen) atoms. The van der Waals surface area contributed by atoms with Crippen LogP contribution in [0.25, 0.3) is 0 Å². The number of hydrogen-bond acceptors (Lipinski definition) is 5. The molecule has 1 atom stereocenters. The number of carbonyl (C=O) groups is 2. The van der Waals surface area contributed by atoms with Crippen molar-refractivity contribution in [2.45, 2.75) is 52.4 Å². The largest absolute Gasteiger partial charge is 0.463 e. The lowest BCUT2D eigenvalue weighted by molar-refractivity contribution is -0.156. The first-order chi connectivity index (χ1) is 8.36. The molecule has 0 spiro atoms. The van der Waals surface area contributed by atoms with Crippen LogP contribution in [0.5, 0.6) is 0 Å². The Hall–Kier alpha value is -1.36. The first-order valence-corrected chi connectivity index (χ1v) is 6.11. The second-order valence-corrected chi connectivity index (χ2v) is 4.48. The van der Waals surface area contributed by atoms with Gasteiger partial charge in [0.2, 0.25) is 0 Å². The molecular weight excluding hydrogens is 234 g/mol. The van der Waals surface area contributed by atoms with Crippen molar-refractivity contribution in [3.8, 4) is 0 Å². The van der Waals surface area contributed by atoms with Gasteiger partial charge in [0.25, 0.3) is 0 Å². The van der Waals surface area contributed by atoms with Crippen molar-refractivity contribution in [1.82, 2.24) is 5.32 Å². The molecule has 0 aliphatic carbocycles. The third-order valence-electron chi connectivity index (χ3n) is 1.88. The van der Waals surface area contributed by atoms with E-state index in [1.54, 1.807) is 33.8 Å². The highest BCUT2D eigenvalue weighted by atomic mass is 16.6. The maximum atomic E-state index is 11.8. The third kappa shape index (κ3) is 7.84. The van der Waals surface area contributed by atoms with Gasteiger partial charge in [0, 0.05) is 6.54 Å². The van der Waals surface area contributed by atoms with Crippen molar-refractivity contribution in [2.75, 3.05) is 6.54 Å². The molecule has 0 aliphatic rings. The molecule has 0 bridgehead atoms. The molecule has 0 radical (unpaired) electrons. The normalized spacial score (nSPS) is 12.3. The molecule has 0 aliphatic heterocycles. The van der Waals surface area contributed by atoms with Crippen LogP contribution < -0.4 is 5.32 Å². The van der Waals surface area contributed by atoms with Crippen molar-refractivity contribution in [1.29, 1.82) is 0 Å². The molecule has 0 unspecified atom stereocenters. The number of rotatable bonds is 8. The smallest absolute Gasteiger partial charge is 0.324 e. The topological polar surface area (TPSA) is 64.6 Å². The Balaban J connectivity index is 4.42. The number of ether oxygens (including phenoxy) is 2. The average molecular weight is 257 g/mol. The summed E-state index contributed by atoms with van der Waals surface area (Å²) in [4.78, 5) is 23.3. The van der Waals surface area contributed by atoms with Gasteiger partial charge in [-0.05, 0) is 27.7 Å². The molecule has 0 heterocycles. The number of esters is 2. The van der Waals surface area contributed by atoms with Crippen LogP contribution in [-0.4, -0.2) is 36.7 Å². The summed E-state index contributed by atoms with van der Waals surface area (Å²) >= 11 is 0. The molecule has 0 amide bonds. The van der Waals surface area contributed by atoms with Crippen molar-refractivity contribution in [3.05, 3.63) is 12.7 Å². The first kappa shape index (κ1) is 16.6. The van der Waals surface area contributed by atoms with Crippen molar-refractivity contribution in [3.63, 3.8) is 0 Å². The molecule has 0 fully saturated rings. The van der Waals surface area contributed by atoms with Gasteiger partial charge in [-0.2, -0.15) is 0 Å². The Morgan fingerprint density at radius 1 is 1.17 bits per heavy atom. The first-order valence-electron chi connectivity index (χ1n) is 6.11. The molecule has 0 saturated carbocycles. The second kappa shape index (κ2) is 8.69. The van der Waals surface area contributed by atoms with Crippen LogP contribution >= 0.6 is 0 Å². The molecule has 1 N–H and O–H groups in total. The summed E-state index contributed by atoms with van der Waals surface area (Å²) in [6.45, 7) is 11.0. The molecule has 5 heteroatoms. The highest BCUT2D eigenvalue weighted by molar-refractivity contribution is 5.82. The van der Waals surface area contributed by atoms with Gasteiger partial charge in [0.05, 0.1) is 18.6 Å². The van der Waals surface area contributed by atoms with Crippen LogP contribution in [0.3, 0.4) is 0 Å². The van der Waals surface area contributed by atoms with Crippen LogP contribution in [0.4, 0.5) is 0 Å². The van der Waals surface area contributed by atoms with Crippen molar-refractivity contribution in [2.24, 2.45) is 0 Å². The Bertz CT molecular complexity index is 287. The summed E-state index contributed by atoms with van der Waals surface area (Å²) < 4.78 is 10.1. The van der Waals surface area contributed by atoms with Gasteiger partial charge in [-0.15, -0.1) is 6.58 Å². The second-order valence-electron chi connectivity index (χ2n) is 4.48. The van der Waals surface area contributed by atoms with E-state index < -0.39 is 18.0 Å². The summed E-state index contributed by atoms with van der Waals surface area (Å²) in [5, 5.41) is 2.89. The Morgan fingerprint density at radius 2 is 1.72 bits per heavy atom. The van der Waals surface area contributed by atoms with E-state index in [9.17, 15) is 9.59 Å². The van der Waals surface area contributed by atoms with Crippen molar-refractivity contribution < 1.29 is 19.1 Å². The minimum atomic E-state index is -0.698. The Morgan fingerprint density at radius 3 is 2.17 bits per heavy atom. The predicted molar refractivity (Wildman–Crippen MR) is 69.1 cm³/mol. The lowest BCUT2D eigenvalue weighted by Crippen LogP contribution is -2.41. The third-order valence-corrected chi connectivity index (χ3v) is 1.88. The molecule has 0 aromatic rings. The van der Waals surface area contributed by atoms with Crippen LogP contribution in [0.15, 0.2) is 12.7 Å². The highest BCUT2D eigenvalue weighted by Gasteiger charge is 2.24. The number of hydrogen-bond donors (Lipinski definition) is 1. The van der Waals surface area contributed by atoms with E-state index in [1.807, 2.05) is 0 Å². The highest BCUT2D eigenvalue weighted by Crippen LogP contribution is 2.03. The summed E-state index contributed by atoms with van der Waals surface area (Å²) in [5.41, 5.74) is 0. The minimum absolute atomic E-state index is 0.0441. The standard InChI is InChI=1S/C13H23NO4/c1-6-7-14-11(13(16)18-10(4)5)8-12(15)17-9(2)3/h6,9-11,14H,1,7-8H2,2-5H3/t11-/m0/s1. The van der Waals surface area contributed by atoms with Crippen LogP contribution in [0.1, 0.15) is 34.1 Å². The average Bonchev–Trinajstić information content (AvgIpc) is 2.21. The maximum absolute atomic E-state index is 11.8. The molecule has 0 aromatic carbocycles. The van der Waals surface area contributed by atoms with E-state index in [-0.39, 0.29) is 18.6 Å². The van der Waals surface area contributed by atoms with E-state index in [0.29, 0.717) is 6.54 Å². The van der Waals surface area contributed by atoms with E-state index >= 15 is 0 Å². The van der Waals surface area contributed by atoms with Crippen molar-refractivity contribution >= 4 is 11.9 Å². The quantitative estimate of drug-likeness (QED) is 0.526. The van der Waals surface area contributed by atoms with E-state index in [1.165, 1.54) is 0 Å². The fraction of sp³-hybridized carbons (Fsp3) is 0.692. The molecular formula is C13H23NO4. The lowest BCUT2D eigenvalue weighted by atomic mass is 10.2. The molecule has 5 nitrogen and oxygen atoms in total. The molecule has 0 aromatic heterocycles. The molecule has 0 rings (SSSR count). The maximum Gasteiger partial charge on any atom is 0.324 e. The summed E-state index contributed by atoms with van der Waals surface area (Å²) in [6, 6.07) is -0.698. The molecule has 104 valence electrons. The van der Waals surface area contributed by atoms with Gasteiger partial charge in [-0.3, -0.25) is 9.59 Å². The minimum Gasteiger partial charge on any atom is -0.463 e. The van der Waals surface area contributed by atoms with Gasteiger partial charge < -0.3 is 14.8 Å². The van der Waals surface area contributed by atoms with Crippen LogP contribution in [0.2, 0.25) is 0 Å². The lowest BCUT2D eigenvalue weighted by Gasteiger charge is -2.18. The van der Waals surface area contributed by atoms with E-state index in [2.05, 4.69) is 11.9 Å². The van der Waals surface area contributed by atoms with Crippen LogP contribution in [0, 0.1) is 0 Å². The van der Waals surface area contributed by atoms with Gasteiger partial charge >= 0.3 is 11.9 Å². The Labute approximate surface area is 109 Å². The fourth-order valence-corrected chi connectivity index (χ4v) is 1.26. The molecule has 0 saturated heterocycles. The van der Waals surface area contributed by atoms with E-state index in [0.717, 1.165) is 0 Å². The SMILES string of the molecule is C=CCN[C@@H](CC(=O)OC(C)C)C(=O)OC(C)C. The number of nitrogens with one attached hydrogen (secondary N) is 1. The Kier molecular flexibility index (Phi) is 8.03.